The van der Waals surface area contributed by atoms with Crippen molar-refractivity contribution < 1.29 is 19.2 Å². The van der Waals surface area contributed by atoms with Crippen LogP contribution in [0.15, 0.2) is 12.1 Å². The zero-order valence-corrected chi connectivity index (χ0v) is 8.25. The quantitative estimate of drug-likeness (QED) is 0.729. The second kappa shape index (κ2) is 4.64. The molecule has 14 heavy (non-hydrogen) atoms. The summed E-state index contributed by atoms with van der Waals surface area (Å²) in [6, 6.07) is 2.30. The average molecular weight is 218 g/mol. The molecule has 0 aliphatic heterocycles. The third-order valence-electron chi connectivity index (χ3n) is 1.60. The van der Waals surface area contributed by atoms with Crippen LogP contribution in [-0.2, 0) is 0 Å². The maximum atomic E-state index is 13.2. The highest BCUT2D eigenvalue weighted by atomic mass is 35.5. The first kappa shape index (κ1) is 11.3. The van der Waals surface area contributed by atoms with E-state index in [2.05, 4.69) is 0 Å². The van der Waals surface area contributed by atoms with Crippen molar-refractivity contribution in [1.82, 2.24) is 0 Å². The molecule has 0 amide bonds. The standard InChI is InChI=1S/C8H9BClFO3/c1-2-14-8-6(9(12)13)3-5(10)4-7(8)11/h3-4,12-13H,2H2,1H3. The lowest BCUT2D eigenvalue weighted by molar-refractivity contribution is 0.321. The highest BCUT2D eigenvalue weighted by Gasteiger charge is 2.21. The molecule has 0 saturated carbocycles. The van der Waals surface area contributed by atoms with Gasteiger partial charge in [0.1, 0.15) is 0 Å². The molecule has 2 N–H and O–H groups in total. The molecular weight excluding hydrogens is 209 g/mol. The van der Waals surface area contributed by atoms with E-state index in [0.717, 1.165) is 6.07 Å². The van der Waals surface area contributed by atoms with Crippen LogP contribution in [0.4, 0.5) is 4.39 Å². The van der Waals surface area contributed by atoms with Crippen LogP contribution in [0.2, 0.25) is 5.02 Å². The molecule has 0 saturated heterocycles. The predicted molar refractivity (Wildman–Crippen MR) is 52.4 cm³/mol. The zero-order chi connectivity index (χ0) is 10.7. The fourth-order valence-electron chi connectivity index (χ4n) is 1.07. The van der Waals surface area contributed by atoms with E-state index in [0.29, 0.717) is 0 Å². The normalized spacial score (nSPS) is 10.1. The molecule has 1 aromatic rings. The van der Waals surface area contributed by atoms with Crippen LogP contribution < -0.4 is 10.2 Å². The van der Waals surface area contributed by atoms with Gasteiger partial charge in [0.05, 0.1) is 6.61 Å². The zero-order valence-electron chi connectivity index (χ0n) is 7.50. The Morgan fingerprint density at radius 3 is 2.64 bits per heavy atom. The van der Waals surface area contributed by atoms with E-state index in [9.17, 15) is 4.39 Å². The SMILES string of the molecule is CCOc1c(F)cc(Cl)cc1B(O)O. The minimum absolute atomic E-state index is 0.0724. The van der Waals surface area contributed by atoms with Crippen LogP contribution in [0, 0.1) is 5.82 Å². The van der Waals surface area contributed by atoms with Crippen LogP contribution in [0.25, 0.3) is 0 Å². The fraction of sp³-hybridized carbons (Fsp3) is 0.250. The molecule has 0 atom stereocenters. The van der Waals surface area contributed by atoms with Crippen molar-refractivity contribution in [3.05, 3.63) is 23.0 Å². The predicted octanol–water partition coefficient (Wildman–Crippen LogP) is 0.558. The van der Waals surface area contributed by atoms with Gasteiger partial charge in [-0.2, -0.15) is 0 Å². The Morgan fingerprint density at radius 1 is 1.50 bits per heavy atom. The summed E-state index contributed by atoms with van der Waals surface area (Å²) in [4.78, 5) is 0. The van der Waals surface area contributed by atoms with Gasteiger partial charge in [-0.15, -0.1) is 0 Å². The van der Waals surface area contributed by atoms with E-state index >= 15 is 0 Å². The Bertz CT molecular complexity index is 333. The highest BCUT2D eigenvalue weighted by molar-refractivity contribution is 6.60. The van der Waals surface area contributed by atoms with Gasteiger partial charge in [0.15, 0.2) is 11.6 Å². The number of halogens is 2. The molecule has 6 heteroatoms. The number of hydrogen-bond donors (Lipinski definition) is 2. The number of benzene rings is 1. The van der Waals surface area contributed by atoms with Crippen LogP contribution >= 0.6 is 11.6 Å². The summed E-state index contributed by atoms with van der Waals surface area (Å²) in [7, 11) is -1.80. The maximum Gasteiger partial charge on any atom is 0.492 e. The second-order valence-electron chi connectivity index (χ2n) is 2.61. The van der Waals surface area contributed by atoms with Crippen molar-refractivity contribution >= 4 is 24.2 Å². The van der Waals surface area contributed by atoms with Gasteiger partial charge >= 0.3 is 7.12 Å². The molecule has 0 aliphatic rings. The molecule has 0 bridgehead atoms. The minimum Gasteiger partial charge on any atom is -0.491 e. The van der Waals surface area contributed by atoms with E-state index in [4.69, 9.17) is 26.4 Å². The van der Waals surface area contributed by atoms with Gasteiger partial charge in [0.25, 0.3) is 0 Å². The summed E-state index contributed by atoms with van der Waals surface area (Å²) in [6.07, 6.45) is 0. The van der Waals surface area contributed by atoms with E-state index in [1.807, 2.05) is 0 Å². The van der Waals surface area contributed by atoms with Gasteiger partial charge in [-0.1, -0.05) is 11.6 Å². The molecule has 0 unspecified atom stereocenters. The summed E-state index contributed by atoms with van der Waals surface area (Å²) in [5, 5.41) is 18.0. The lowest BCUT2D eigenvalue weighted by atomic mass is 9.79. The first-order valence-corrected chi connectivity index (χ1v) is 4.42. The van der Waals surface area contributed by atoms with Gasteiger partial charge in [-0.05, 0) is 19.1 Å². The molecule has 3 nitrogen and oxygen atoms in total. The number of ether oxygens (including phenoxy) is 1. The van der Waals surface area contributed by atoms with E-state index in [1.54, 1.807) is 6.92 Å². The van der Waals surface area contributed by atoms with Gasteiger partial charge in [0.2, 0.25) is 0 Å². The molecule has 0 fully saturated rings. The summed E-state index contributed by atoms with van der Waals surface area (Å²) >= 11 is 5.55. The summed E-state index contributed by atoms with van der Waals surface area (Å²) in [6.45, 7) is 1.90. The van der Waals surface area contributed by atoms with Crippen LogP contribution in [-0.4, -0.2) is 23.8 Å². The fourth-order valence-corrected chi connectivity index (χ4v) is 1.28. The van der Waals surface area contributed by atoms with Crippen LogP contribution in [0.1, 0.15) is 6.92 Å². The molecule has 0 aliphatic carbocycles. The maximum absolute atomic E-state index is 13.2. The minimum atomic E-state index is -1.80. The molecule has 0 heterocycles. The van der Waals surface area contributed by atoms with Gasteiger partial charge < -0.3 is 14.8 Å². The average Bonchev–Trinajstić information content (AvgIpc) is 2.09. The van der Waals surface area contributed by atoms with Crippen molar-refractivity contribution in [3.8, 4) is 5.75 Å². The largest absolute Gasteiger partial charge is 0.492 e. The molecule has 1 aromatic carbocycles. The van der Waals surface area contributed by atoms with Gasteiger partial charge in [-0.25, -0.2) is 4.39 Å². The topological polar surface area (TPSA) is 49.7 Å². The summed E-state index contributed by atoms with van der Waals surface area (Å²) < 4.78 is 18.2. The molecule has 0 aromatic heterocycles. The third-order valence-corrected chi connectivity index (χ3v) is 1.82. The van der Waals surface area contributed by atoms with E-state index in [-0.39, 0.29) is 22.8 Å². The van der Waals surface area contributed by atoms with Crippen molar-refractivity contribution in [2.75, 3.05) is 6.61 Å². The second-order valence-corrected chi connectivity index (χ2v) is 3.05. The Kier molecular flexibility index (Phi) is 3.74. The Balaban J connectivity index is 3.21. The molecule has 76 valence electrons. The van der Waals surface area contributed by atoms with Gasteiger partial charge in [0, 0.05) is 10.5 Å². The van der Waals surface area contributed by atoms with Crippen LogP contribution in [0.5, 0.6) is 5.75 Å². The monoisotopic (exact) mass is 218 g/mol. The Labute approximate surface area is 86.2 Å². The third kappa shape index (κ3) is 2.38. The Hall–Kier alpha value is -0.775. The van der Waals surface area contributed by atoms with E-state index in [1.165, 1.54) is 6.07 Å². The number of hydrogen-bond acceptors (Lipinski definition) is 3. The number of rotatable bonds is 3. The summed E-state index contributed by atoms with van der Waals surface area (Å²) in [5.74, 6) is -0.880. The highest BCUT2D eigenvalue weighted by Crippen LogP contribution is 2.19. The van der Waals surface area contributed by atoms with Crippen molar-refractivity contribution in [1.29, 1.82) is 0 Å². The lowest BCUT2D eigenvalue weighted by Crippen LogP contribution is -2.32. The molecular formula is C8H9BClFO3. The van der Waals surface area contributed by atoms with E-state index < -0.39 is 12.9 Å². The summed E-state index contributed by atoms with van der Waals surface area (Å²) in [5.41, 5.74) is -0.0724. The smallest absolute Gasteiger partial charge is 0.491 e. The molecule has 0 spiro atoms. The lowest BCUT2D eigenvalue weighted by Gasteiger charge is -2.10. The van der Waals surface area contributed by atoms with Crippen molar-refractivity contribution in [2.45, 2.75) is 6.92 Å². The Morgan fingerprint density at radius 2 is 2.14 bits per heavy atom. The van der Waals surface area contributed by atoms with Crippen molar-refractivity contribution in [2.24, 2.45) is 0 Å². The van der Waals surface area contributed by atoms with Crippen LogP contribution in [0.3, 0.4) is 0 Å². The van der Waals surface area contributed by atoms with Crippen molar-refractivity contribution in [3.63, 3.8) is 0 Å². The molecule has 0 radical (unpaired) electrons. The first-order chi connectivity index (χ1) is 6.56. The molecule has 1 rings (SSSR count). The van der Waals surface area contributed by atoms with Gasteiger partial charge in [-0.3, -0.25) is 0 Å². The first-order valence-electron chi connectivity index (χ1n) is 4.04.